The molecule has 2 aromatic heterocycles. The minimum atomic E-state index is -4.41. The van der Waals surface area contributed by atoms with Crippen molar-refractivity contribution in [1.29, 1.82) is 0 Å². The van der Waals surface area contributed by atoms with E-state index in [1.165, 1.54) is 10.6 Å². The van der Waals surface area contributed by atoms with Crippen LogP contribution in [0.5, 0.6) is 0 Å². The zero-order chi connectivity index (χ0) is 21.5. The van der Waals surface area contributed by atoms with E-state index < -0.39 is 17.4 Å². The Bertz CT molecular complexity index is 1280. The summed E-state index contributed by atoms with van der Waals surface area (Å²) in [7, 11) is 0. The second kappa shape index (κ2) is 7.81. The lowest BCUT2D eigenvalue weighted by Gasteiger charge is -2.08. The molecular formula is C20H14ClF3N4OS. The highest BCUT2D eigenvalue weighted by Crippen LogP contribution is 2.31. The highest BCUT2D eigenvalue weighted by molar-refractivity contribution is 7.98. The number of hydrogen-bond acceptors (Lipinski definition) is 4. The van der Waals surface area contributed by atoms with E-state index in [2.05, 4.69) is 15.1 Å². The normalized spacial score (nSPS) is 11.9. The number of nitrogens with one attached hydrogen (secondary N) is 1. The van der Waals surface area contributed by atoms with Gasteiger partial charge in [0.05, 0.1) is 11.3 Å². The predicted molar refractivity (Wildman–Crippen MR) is 110 cm³/mol. The van der Waals surface area contributed by atoms with Crippen molar-refractivity contribution in [3.63, 3.8) is 0 Å². The van der Waals surface area contributed by atoms with Crippen LogP contribution >= 0.6 is 23.4 Å². The Morgan fingerprint density at radius 3 is 2.60 bits per heavy atom. The summed E-state index contributed by atoms with van der Waals surface area (Å²) in [5.74, 6) is 0.215. The first-order chi connectivity index (χ1) is 14.2. The van der Waals surface area contributed by atoms with E-state index in [1.54, 1.807) is 25.1 Å². The van der Waals surface area contributed by atoms with Crippen LogP contribution in [0.1, 0.15) is 16.8 Å². The van der Waals surface area contributed by atoms with Gasteiger partial charge in [-0.3, -0.25) is 4.98 Å². The lowest BCUT2D eigenvalue weighted by Crippen LogP contribution is -2.19. The summed E-state index contributed by atoms with van der Waals surface area (Å²) < 4.78 is 39.9. The topological polar surface area (TPSA) is 63.1 Å². The summed E-state index contributed by atoms with van der Waals surface area (Å²) in [4.78, 5) is 19.6. The average molecular weight is 451 g/mol. The van der Waals surface area contributed by atoms with Gasteiger partial charge in [0.15, 0.2) is 10.8 Å². The number of thioether (sulfide) groups is 1. The second-order valence-corrected chi connectivity index (χ2v) is 7.94. The van der Waals surface area contributed by atoms with Crippen LogP contribution in [0.25, 0.3) is 16.8 Å². The van der Waals surface area contributed by atoms with Crippen molar-refractivity contribution >= 4 is 29.0 Å². The fourth-order valence-electron chi connectivity index (χ4n) is 3.04. The summed E-state index contributed by atoms with van der Waals surface area (Å²) in [5, 5.41) is 5.12. The second-order valence-electron chi connectivity index (χ2n) is 6.54. The lowest BCUT2D eigenvalue weighted by atomic mass is 10.1. The molecule has 0 fully saturated rings. The molecule has 0 unspecified atom stereocenters. The van der Waals surface area contributed by atoms with Gasteiger partial charge < -0.3 is 0 Å². The van der Waals surface area contributed by atoms with Gasteiger partial charge in [-0.2, -0.15) is 22.8 Å². The predicted octanol–water partition coefficient (Wildman–Crippen LogP) is 5.36. The van der Waals surface area contributed by atoms with Gasteiger partial charge in [-0.15, -0.1) is 0 Å². The molecule has 1 N–H and O–H groups in total. The molecule has 2 heterocycles. The number of aromatic amines is 1. The van der Waals surface area contributed by atoms with Crippen LogP contribution in [0.3, 0.4) is 0 Å². The van der Waals surface area contributed by atoms with Crippen LogP contribution in [0, 0.1) is 6.92 Å². The number of aryl methyl sites for hydroxylation is 1. The first-order valence-corrected chi connectivity index (χ1v) is 10.1. The molecule has 0 bridgehead atoms. The molecule has 0 radical (unpaired) electrons. The Labute approximate surface area is 177 Å². The van der Waals surface area contributed by atoms with E-state index in [9.17, 15) is 18.0 Å². The Hall–Kier alpha value is -2.78. The number of alkyl halides is 3. The van der Waals surface area contributed by atoms with Gasteiger partial charge in [0.1, 0.15) is 0 Å². The van der Waals surface area contributed by atoms with E-state index in [-0.39, 0.29) is 5.75 Å². The van der Waals surface area contributed by atoms with Crippen molar-refractivity contribution < 1.29 is 13.2 Å². The van der Waals surface area contributed by atoms with Crippen LogP contribution in [0.2, 0.25) is 5.02 Å². The molecule has 0 atom stereocenters. The van der Waals surface area contributed by atoms with Crippen molar-refractivity contribution in [3.8, 4) is 11.1 Å². The summed E-state index contributed by atoms with van der Waals surface area (Å²) in [5.41, 5.74) is 1.77. The number of halogens is 4. The maximum absolute atomic E-state index is 12.9. The van der Waals surface area contributed by atoms with Crippen molar-refractivity contribution in [3.05, 3.63) is 80.9 Å². The minimum Gasteiger partial charge on any atom is -0.285 e. The SMILES string of the molecule is Cc1nn2c(=O)[nH]c(SCc3cccc(C(F)(F)F)c3)nc2c1-c1ccc(Cl)cc1. The molecule has 4 rings (SSSR count). The molecule has 0 saturated heterocycles. The summed E-state index contributed by atoms with van der Waals surface area (Å²) in [6.45, 7) is 1.77. The lowest BCUT2D eigenvalue weighted by molar-refractivity contribution is -0.137. The largest absolute Gasteiger partial charge is 0.416 e. The number of H-pyrrole nitrogens is 1. The van der Waals surface area contributed by atoms with Crippen LogP contribution in [-0.2, 0) is 11.9 Å². The molecule has 5 nitrogen and oxygen atoms in total. The number of nitrogens with zero attached hydrogens (tertiary/aromatic N) is 3. The molecule has 30 heavy (non-hydrogen) atoms. The molecule has 4 aromatic rings. The number of rotatable bonds is 4. The zero-order valence-corrected chi connectivity index (χ0v) is 17.1. The fraction of sp³-hybridized carbons (Fsp3) is 0.150. The zero-order valence-electron chi connectivity index (χ0n) is 15.5. The van der Waals surface area contributed by atoms with Crippen LogP contribution in [0.15, 0.2) is 58.5 Å². The van der Waals surface area contributed by atoms with Gasteiger partial charge in [0.2, 0.25) is 0 Å². The van der Waals surface area contributed by atoms with Crippen molar-refractivity contribution in [2.24, 2.45) is 0 Å². The third-order valence-corrected chi connectivity index (χ3v) is 5.61. The summed E-state index contributed by atoms with van der Waals surface area (Å²) >= 11 is 7.10. The van der Waals surface area contributed by atoms with Gasteiger partial charge in [0.25, 0.3) is 0 Å². The molecular weight excluding hydrogens is 437 g/mol. The van der Waals surface area contributed by atoms with E-state index in [1.807, 2.05) is 12.1 Å². The minimum absolute atomic E-state index is 0.215. The molecule has 2 aromatic carbocycles. The van der Waals surface area contributed by atoms with E-state index in [0.29, 0.717) is 32.6 Å². The number of benzene rings is 2. The number of fused-ring (bicyclic) bond motifs is 1. The van der Waals surface area contributed by atoms with Gasteiger partial charge in [0, 0.05) is 16.3 Å². The Morgan fingerprint density at radius 1 is 1.17 bits per heavy atom. The average Bonchev–Trinajstić information content (AvgIpc) is 3.03. The van der Waals surface area contributed by atoms with Crippen LogP contribution in [-0.4, -0.2) is 19.6 Å². The number of hydrogen-bond donors (Lipinski definition) is 1. The molecule has 0 amide bonds. The van der Waals surface area contributed by atoms with Gasteiger partial charge in [-0.05, 0) is 36.2 Å². The monoisotopic (exact) mass is 450 g/mol. The Balaban J connectivity index is 1.68. The summed E-state index contributed by atoms with van der Waals surface area (Å²) in [6.07, 6.45) is -4.41. The van der Waals surface area contributed by atoms with Crippen molar-refractivity contribution in [2.45, 2.75) is 24.0 Å². The molecule has 0 aliphatic carbocycles. The molecule has 154 valence electrons. The van der Waals surface area contributed by atoms with Gasteiger partial charge in [-0.25, -0.2) is 9.78 Å². The van der Waals surface area contributed by atoms with E-state index in [4.69, 9.17) is 11.6 Å². The van der Waals surface area contributed by atoms with Gasteiger partial charge in [-0.1, -0.05) is 53.7 Å². The third kappa shape index (κ3) is 4.08. The smallest absolute Gasteiger partial charge is 0.285 e. The van der Waals surface area contributed by atoms with Crippen molar-refractivity contribution in [2.75, 3.05) is 0 Å². The quantitative estimate of drug-likeness (QED) is 0.425. The molecule has 0 aliphatic rings. The highest BCUT2D eigenvalue weighted by atomic mass is 35.5. The van der Waals surface area contributed by atoms with E-state index in [0.717, 1.165) is 29.5 Å². The third-order valence-electron chi connectivity index (χ3n) is 4.41. The first kappa shape index (κ1) is 20.5. The standard InChI is InChI=1S/C20H14ClF3N4OS/c1-11-16(13-5-7-15(21)8-6-13)17-25-18(26-19(29)28(17)27-11)30-10-12-3-2-4-14(9-12)20(22,23)24/h2-9H,10H2,1H3,(H,25,26,29). The Morgan fingerprint density at radius 2 is 1.90 bits per heavy atom. The highest BCUT2D eigenvalue weighted by Gasteiger charge is 2.30. The maximum atomic E-state index is 12.9. The molecule has 0 spiro atoms. The first-order valence-electron chi connectivity index (χ1n) is 8.77. The molecule has 0 aliphatic heterocycles. The summed E-state index contributed by atoms with van der Waals surface area (Å²) in [6, 6.07) is 12.2. The number of aromatic nitrogens is 4. The van der Waals surface area contributed by atoms with Crippen molar-refractivity contribution in [1.82, 2.24) is 19.6 Å². The van der Waals surface area contributed by atoms with E-state index >= 15 is 0 Å². The molecule has 0 saturated carbocycles. The maximum Gasteiger partial charge on any atom is 0.416 e. The Kier molecular flexibility index (Phi) is 5.33. The molecule has 10 heteroatoms. The van der Waals surface area contributed by atoms with Crippen LogP contribution in [0.4, 0.5) is 13.2 Å². The van der Waals surface area contributed by atoms with Gasteiger partial charge >= 0.3 is 11.9 Å². The fourth-order valence-corrected chi connectivity index (χ4v) is 3.96. The van der Waals surface area contributed by atoms with Crippen LogP contribution < -0.4 is 5.69 Å².